The summed E-state index contributed by atoms with van der Waals surface area (Å²) in [5, 5.41) is 48.2. The van der Waals surface area contributed by atoms with Gasteiger partial charge in [-0.2, -0.15) is 0 Å². The van der Waals surface area contributed by atoms with E-state index in [4.69, 9.17) is 19.7 Å². The molecule has 308 valence electrons. The first-order valence-corrected chi connectivity index (χ1v) is 20.4. The number of aliphatic hydroxyl groups excluding tert-OH is 4. The number of carbonyl (C=O) groups is 2. The zero-order valence-corrected chi connectivity index (χ0v) is 35.4. The minimum atomic E-state index is -1.27. The van der Waals surface area contributed by atoms with Crippen molar-refractivity contribution in [2.24, 2.45) is 28.8 Å². The molecule has 0 bridgehead atoms. The molecule has 0 radical (unpaired) electrons. The molecule has 0 aliphatic carbocycles. The predicted molar refractivity (Wildman–Crippen MR) is 217 cm³/mol. The molecule has 55 heavy (non-hydrogen) atoms. The van der Waals surface area contributed by atoms with E-state index < -0.39 is 78.6 Å². The predicted octanol–water partition coefficient (Wildman–Crippen LogP) is 4.62. The fourth-order valence-corrected chi connectivity index (χ4v) is 7.91. The molecule has 14 nitrogen and oxygen atoms in total. The maximum atomic E-state index is 13.7. The molecule has 1 aromatic carbocycles. The van der Waals surface area contributed by atoms with Gasteiger partial charge >= 0.3 is 5.97 Å². The summed E-state index contributed by atoms with van der Waals surface area (Å²) in [5.74, 6) is -2.87. The average molecular weight is 884 g/mol. The Bertz CT molecular complexity index is 1470. The van der Waals surface area contributed by atoms with Crippen molar-refractivity contribution in [3.63, 3.8) is 0 Å². The van der Waals surface area contributed by atoms with Crippen LogP contribution in [0.4, 0.5) is 0 Å². The standard InChI is InChI=1S/C40H62IN5O9/c1-8-34-30(23-47)19-24(2)9-14-32(48)25(3)20-29(15-17-46(18-16-43-44-42)22-28-10-12-31(41)13-11-28)39(26(4)33(49)21-35(50)54-34)55-40-38(52)36(45(6)7)37(51)27(5)53-40/h9-14,19,25-27,29-30,33-34,36-40,47,49,51-52H,8,15-18,20-23H2,1-7H3/b14-9+,24-19+/t25-,26+,27+,29+,30-,33-,34-,36-,37+,38+,39-,40-/m1/s1. The Kier molecular flexibility index (Phi) is 19.7. The van der Waals surface area contributed by atoms with Crippen LogP contribution in [0.3, 0.4) is 0 Å². The van der Waals surface area contributed by atoms with Gasteiger partial charge in [0.1, 0.15) is 12.2 Å². The highest BCUT2D eigenvalue weighted by molar-refractivity contribution is 14.1. The van der Waals surface area contributed by atoms with Crippen LogP contribution in [0, 0.1) is 27.2 Å². The van der Waals surface area contributed by atoms with Crippen LogP contribution in [0.2, 0.25) is 0 Å². The normalized spacial score (nSPS) is 34.5. The van der Waals surface area contributed by atoms with Crippen LogP contribution in [0.5, 0.6) is 0 Å². The first-order chi connectivity index (χ1) is 26.1. The molecular formula is C40H62IN5O9. The van der Waals surface area contributed by atoms with Crippen molar-refractivity contribution in [1.29, 1.82) is 0 Å². The van der Waals surface area contributed by atoms with E-state index in [2.05, 4.69) is 37.5 Å². The van der Waals surface area contributed by atoms with Crippen LogP contribution < -0.4 is 0 Å². The summed E-state index contributed by atoms with van der Waals surface area (Å²) in [6.45, 7) is 10.5. The summed E-state index contributed by atoms with van der Waals surface area (Å²) in [5.41, 5.74) is 10.8. The number of ketones is 1. The number of ether oxygens (including phenoxy) is 3. The smallest absolute Gasteiger partial charge is 0.308 e. The zero-order valence-electron chi connectivity index (χ0n) is 33.3. The van der Waals surface area contributed by atoms with Crippen LogP contribution in [-0.2, 0) is 30.3 Å². The van der Waals surface area contributed by atoms with Crippen LogP contribution in [0.25, 0.3) is 10.4 Å². The van der Waals surface area contributed by atoms with Gasteiger partial charge in [0, 0.05) is 45.9 Å². The number of azide groups is 1. The van der Waals surface area contributed by atoms with Gasteiger partial charge in [0.25, 0.3) is 0 Å². The van der Waals surface area contributed by atoms with Gasteiger partial charge in [-0.1, -0.05) is 55.7 Å². The van der Waals surface area contributed by atoms with Gasteiger partial charge in [-0.15, -0.1) is 0 Å². The topological polar surface area (TPSA) is 198 Å². The van der Waals surface area contributed by atoms with Crippen molar-refractivity contribution < 1.29 is 44.2 Å². The number of halogens is 1. The van der Waals surface area contributed by atoms with Crippen LogP contribution >= 0.6 is 22.6 Å². The Morgan fingerprint density at radius 3 is 2.36 bits per heavy atom. The Morgan fingerprint density at radius 2 is 1.75 bits per heavy atom. The lowest BCUT2D eigenvalue weighted by molar-refractivity contribution is -0.304. The van der Waals surface area contributed by atoms with Gasteiger partial charge in [0.15, 0.2) is 12.1 Å². The fraction of sp³-hybridized carbons (Fsp3) is 0.700. The zero-order chi connectivity index (χ0) is 40.8. The molecule has 2 heterocycles. The number of benzene rings is 1. The van der Waals surface area contributed by atoms with E-state index in [0.29, 0.717) is 38.9 Å². The monoisotopic (exact) mass is 883 g/mol. The second kappa shape index (κ2) is 23.1. The molecule has 12 atom stereocenters. The number of nitrogens with zero attached hydrogens (tertiary/aromatic N) is 5. The van der Waals surface area contributed by atoms with Gasteiger partial charge in [-0.3, -0.25) is 14.5 Å². The highest BCUT2D eigenvalue weighted by Crippen LogP contribution is 2.35. The van der Waals surface area contributed by atoms with Crippen molar-refractivity contribution >= 4 is 34.3 Å². The SMILES string of the molecule is CC[C@H]1OC(=O)C[C@@H](O)[C@H](C)[C@@H](O[C@H]2O[C@@H](C)[C@H](O)[C@@H](N(C)C)[C@@H]2O)[C@@H](CCN(CCN=[N+]=[N-])Cc2ccc(I)cc2)C[C@@H](C)C(=O)/C=C/C(C)=C/[C@@H]1CO. The molecule has 0 spiro atoms. The highest BCUT2D eigenvalue weighted by atomic mass is 127. The van der Waals surface area contributed by atoms with Crippen molar-refractivity contribution in [2.75, 3.05) is 40.3 Å². The molecular weight excluding hydrogens is 821 g/mol. The van der Waals surface area contributed by atoms with Crippen molar-refractivity contribution in [3.05, 3.63) is 67.6 Å². The lowest BCUT2D eigenvalue weighted by atomic mass is 9.79. The Hall–Kier alpha value is -2.44. The van der Waals surface area contributed by atoms with E-state index in [9.17, 15) is 30.0 Å². The Labute approximate surface area is 339 Å². The van der Waals surface area contributed by atoms with E-state index >= 15 is 0 Å². The molecule has 0 amide bonds. The summed E-state index contributed by atoms with van der Waals surface area (Å²) in [6, 6.07) is 7.43. The van der Waals surface area contributed by atoms with Crippen LogP contribution in [0.1, 0.15) is 65.9 Å². The van der Waals surface area contributed by atoms with E-state index in [1.807, 2.05) is 45.0 Å². The van der Waals surface area contributed by atoms with Crippen molar-refractivity contribution in [3.8, 4) is 0 Å². The first-order valence-electron chi connectivity index (χ1n) is 19.3. The van der Waals surface area contributed by atoms with Gasteiger partial charge < -0.3 is 39.5 Å². The summed E-state index contributed by atoms with van der Waals surface area (Å²) in [6.07, 6.45) is -1.02. The third-order valence-electron chi connectivity index (χ3n) is 10.9. The number of aliphatic hydroxyl groups is 4. The van der Waals surface area contributed by atoms with E-state index in [-0.39, 0.29) is 25.4 Å². The highest BCUT2D eigenvalue weighted by Gasteiger charge is 2.47. The maximum Gasteiger partial charge on any atom is 0.308 e. The molecule has 1 saturated heterocycles. The maximum absolute atomic E-state index is 13.7. The first kappa shape index (κ1) is 46.9. The number of hydrogen-bond donors (Lipinski definition) is 4. The molecule has 2 aliphatic heterocycles. The van der Waals surface area contributed by atoms with Gasteiger partial charge in [0.2, 0.25) is 0 Å². The number of rotatable bonds is 13. The molecule has 15 heteroatoms. The van der Waals surface area contributed by atoms with Crippen LogP contribution in [-0.4, -0.2) is 131 Å². The molecule has 4 N–H and O–H groups in total. The second-order valence-corrected chi connectivity index (χ2v) is 16.6. The Balaban J connectivity index is 2.10. The molecule has 3 rings (SSSR count). The molecule has 0 aromatic heterocycles. The molecule has 2 aliphatic rings. The molecule has 0 saturated carbocycles. The number of hydrogen-bond acceptors (Lipinski definition) is 12. The van der Waals surface area contributed by atoms with Gasteiger partial charge in [0.05, 0.1) is 43.5 Å². The molecule has 1 aromatic rings. The van der Waals surface area contributed by atoms with Crippen molar-refractivity contribution in [1.82, 2.24) is 9.80 Å². The van der Waals surface area contributed by atoms with E-state index in [1.165, 1.54) is 6.08 Å². The number of esters is 1. The third kappa shape index (κ3) is 14.2. The summed E-state index contributed by atoms with van der Waals surface area (Å²) < 4.78 is 19.8. The minimum absolute atomic E-state index is 0.117. The molecule has 0 unspecified atom stereocenters. The number of cyclic esters (lactones) is 1. The summed E-state index contributed by atoms with van der Waals surface area (Å²) >= 11 is 2.26. The quantitative estimate of drug-likeness (QED) is 0.0710. The Morgan fingerprint density at radius 1 is 1.05 bits per heavy atom. The van der Waals surface area contributed by atoms with Crippen molar-refractivity contribution in [2.45, 2.75) is 116 Å². The average Bonchev–Trinajstić information content (AvgIpc) is 3.14. The minimum Gasteiger partial charge on any atom is -0.462 e. The largest absolute Gasteiger partial charge is 0.462 e. The second-order valence-electron chi connectivity index (χ2n) is 15.3. The fourth-order valence-electron chi connectivity index (χ4n) is 7.55. The van der Waals surface area contributed by atoms with Gasteiger partial charge in [-0.05, 0) is 112 Å². The number of likely N-dealkylation sites (N-methyl/N-ethyl adjacent to an activating group) is 1. The van der Waals surface area contributed by atoms with E-state index in [1.54, 1.807) is 45.0 Å². The lowest BCUT2D eigenvalue weighted by Crippen LogP contribution is -2.63. The summed E-state index contributed by atoms with van der Waals surface area (Å²) in [4.78, 5) is 33.9. The lowest BCUT2D eigenvalue weighted by Gasteiger charge is -2.46. The summed E-state index contributed by atoms with van der Waals surface area (Å²) in [7, 11) is 3.50. The third-order valence-corrected chi connectivity index (χ3v) is 11.6. The number of carbonyl (C=O) groups excluding carboxylic acids is 2. The number of allylic oxidation sites excluding steroid dienone is 3. The van der Waals surface area contributed by atoms with Crippen LogP contribution in [0.15, 0.2) is 53.2 Å². The molecule has 1 fully saturated rings. The van der Waals surface area contributed by atoms with Gasteiger partial charge in [-0.25, -0.2) is 0 Å². The van der Waals surface area contributed by atoms with E-state index in [0.717, 1.165) is 14.7 Å².